The highest BCUT2D eigenvalue weighted by Crippen LogP contribution is 2.35. The lowest BCUT2D eigenvalue weighted by Crippen LogP contribution is -2.29. The number of fused-ring (bicyclic) bond motifs is 1. The molecular formula is C25H32N3O7P. The van der Waals surface area contributed by atoms with Crippen molar-refractivity contribution in [2.45, 2.75) is 19.3 Å². The SMILES string of the molecule is N#C/C(=C\c1ccc2cc(N3CCCCC3)ccc2c1)C(=O)NCCOCCOCCOP(=O)(O)O. The second kappa shape index (κ2) is 14.1. The lowest BCUT2D eigenvalue weighted by molar-refractivity contribution is -0.117. The molecule has 0 saturated carbocycles. The number of benzene rings is 2. The second-order valence-electron chi connectivity index (χ2n) is 8.31. The summed E-state index contributed by atoms with van der Waals surface area (Å²) >= 11 is 0. The summed E-state index contributed by atoms with van der Waals surface area (Å²) in [6.45, 7) is 2.87. The summed E-state index contributed by atoms with van der Waals surface area (Å²) < 4.78 is 25.2. The molecule has 0 atom stereocenters. The lowest BCUT2D eigenvalue weighted by Gasteiger charge is -2.29. The quantitative estimate of drug-likeness (QED) is 0.158. The van der Waals surface area contributed by atoms with E-state index in [2.05, 4.69) is 32.9 Å². The van der Waals surface area contributed by atoms with Crippen LogP contribution in [-0.4, -0.2) is 68.4 Å². The van der Waals surface area contributed by atoms with Gasteiger partial charge in [-0.15, -0.1) is 0 Å². The minimum Gasteiger partial charge on any atom is -0.377 e. The molecule has 1 saturated heterocycles. The molecule has 194 valence electrons. The van der Waals surface area contributed by atoms with E-state index < -0.39 is 13.7 Å². The lowest BCUT2D eigenvalue weighted by atomic mass is 10.0. The number of phosphoric ester groups is 1. The van der Waals surface area contributed by atoms with Gasteiger partial charge >= 0.3 is 7.82 Å². The molecule has 0 aromatic heterocycles. The summed E-state index contributed by atoms with van der Waals surface area (Å²) in [4.78, 5) is 31.9. The Morgan fingerprint density at radius 3 is 2.39 bits per heavy atom. The van der Waals surface area contributed by atoms with Crippen LogP contribution in [0.4, 0.5) is 5.69 Å². The van der Waals surface area contributed by atoms with Crippen molar-refractivity contribution >= 4 is 36.3 Å². The Kier molecular flexibility index (Phi) is 10.9. The number of nitriles is 1. The van der Waals surface area contributed by atoms with E-state index in [-0.39, 0.29) is 45.2 Å². The number of anilines is 1. The highest BCUT2D eigenvalue weighted by molar-refractivity contribution is 7.46. The molecule has 1 amide bonds. The molecule has 2 aromatic rings. The molecule has 2 aromatic carbocycles. The summed E-state index contributed by atoms with van der Waals surface area (Å²) in [6.07, 6.45) is 5.31. The first kappa shape index (κ1) is 27.8. The van der Waals surface area contributed by atoms with Gasteiger partial charge in [-0.2, -0.15) is 5.26 Å². The summed E-state index contributed by atoms with van der Waals surface area (Å²) in [5.41, 5.74) is 2.01. The van der Waals surface area contributed by atoms with E-state index in [1.54, 1.807) is 6.08 Å². The van der Waals surface area contributed by atoms with Gasteiger partial charge < -0.3 is 29.5 Å². The first-order valence-corrected chi connectivity index (χ1v) is 13.4. The van der Waals surface area contributed by atoms with Crippen LogP contribution >= 0.6 is 7.82 Å². The fraction of sp³-hybridized carbons (Fsp3) is 0.440. The van der Waals surface area contributed by atoms with E-state index in [0.717, 1.165) is 29.4 Å². The maximum absolute atomic E-state index is 12.4. The molecule has 3 N–H and O–H groups in total. The van der Waals surface area contributed by atoms with Crippen LogP contribution < -0.4 is 10.2 Å². The number of rotatable bonds is 13. The van der Waals surface area contributed by atoms with Gasteiger partial charge in [-0.3, -0.25) is 9.32 Å². The molecule has 1 aliphatic heterocycles. The van der Waals surface area contributed by atoms with Crippen LogP contribution in [0.5, 0.6) is 0 Å². The molecule has 0 radical (unpaired) electrons. The first-order valence-electron chi connectivity index (χ1n) is 11.9. The molecule has 36 heavy (non-hydrogen) atoms. The van der Waals surface area contributed by atoms with Crippen LogP contribution in [0.15, 0.2) is 42.0 Å². The number of phosphoric acid groups is 1. The molecule has 0 unspecified atom stereocenters. The molecule has 0 bridgehead atoms. The summed E-state index contributed by atoms with van der Waals surface area (Å²) in [6, 6.07) is 14.2. The molecule has 10 nitrogen and oxygen atoms in total. The van der Waals surface area contributed by atoms with Crippen molar-refractivity contribution < 1.29 is 33.1 Å². The van der Waals surface area contributed by atoms with Crippen molar-refractivity contribution in [3.63, 3.8) is 0 Å². The molecule has 0 spiro atoms. The van der Waals surface area contributed by atoms with Crippen LogP contribution in [0.25, 0.3) is 16.8 Å². The van der Waals surface area contributed by atoms with E-state index in [4.69, 9.17) is 19.3 Å². The third-order valence-corrected chi connectivity index (χ3v) is 6.16. The van der Waals surface area contributed by atoms with Crippen molar-refractivity contribution in [1.82, 2.24) is 5.32 Å². The van der Waals surface area contributed by atoms with Crippen molar-refractivity contribution in [3.05, 3.63) is 47.5 Å². The Balaban J connectivity index is 1.42. The van der Waals surface area contributed by atoms with Gasteiger partial charge in [-0.1, -0.05) is 18.2 Å². The number of hydrogen-bond acceptors (Lipinski definition) is 7. The van der Waals surface area contributed by atoms with E-state index in [9.17, 15) is 14.6 Å². The molecule has 0 aliphatic carbocycles. The van der Waals surface area contributed by atoms with E-state index in [1.165, 1.54) is 24.9 Å². The third-order valence-electron chi connectivity index (χ3n) is 5.64. The highest BCUT2D eigenvalue weighted by atomic mass is 31.2. The molecular weight excluding hydrogens is 485 g/mol. The number of carbonyl (C=O) groups is 1. The third kappa shape index (κ3) is 9.36. The van der Waals surface area contributed by atoms with Gasteiger partial charge in [0.1, 0.15) is 11.6 Å². The van der Waals surface area contributed by atoms with Crippen LogP contribution in [-0.2, 0) is 23.4 Å². The van der Waals surface area contributed by atoms with Crippen LogP contribution in [0.3, 0.4) is 0 Å². The largest absolute Gasteiger partial charge is 0.469 e. The molecule has 1 aliphatic rings. The van der Waals surface area contributed by atoms with E-state index >= 15 is 0 Å². The normalized spacial score (nSPS) is 14.6. The van der Waals surface area contributed by atoms with Gasteiger partial charge in [0, 0.05) is 25.3 Å². The molecule has 1 fully saturated rings. The molecule has 11 heteroatoms. The Morgan fingerprint density at radius 1 is 1.00 bits per heavy atom. The second-order valence-corrected chi connectivity index (χ2v) is 9.55. The Morgan fingerprint density at radius 2 is 1.67 bits per heavy atom. The number of nitrogens with zero attached hydrogens (tertiary/aromatic N) is 2. The van der Waals surface area contributed by atoms with Gasteiger partial charge in [-0.05, 0) is 59.9 Å². The van der Waals surface area contributed by atoms with Gasteiger partial charge in [-0.25, -0.2) is 4.57 Å². The smallest absolute Gasteiger partial charge is 0.377 e. The highest BCUT2D eigenvalue weighted by Gasteiger charge is 2.13. The minimum atomic E-state index is -4.48. The summed E-state index contributed by atoms with van der Waals surface area (Å²) in [5.74, 6) is -0.479. The zero-order chi connectivity index (χ0) is 25.8. The maximum Gasteiger partial charge on any atom is 0.469 e. The van der Waals surface area contributed by atoms with Crippen LogP contribution in [0.2, 0.25) is 0 Å². The van der Waals surface area contributed by atoms with Gasteiger partial charge in [0.2, 0.25) is 0 Å². The summed E-state index contributed by atoms with van der Waals surface area (Å²) in [7, 11) is -4.48. The Hall–Kier alpha value is -2.77. The average Bonchev–Trinajstić information content (AvgIpc) is 2.87. The standard InChI is InChI=1S/C25H32N3O7P/c26-19-23(25(29)27-8-11-33-12-13-34-14-15-35-36(30,31)32)17-20-4-5-22-18-24(7-6-21(22)16-20)28-9-2-1-3-10-28/h4-7,16-18H,1-3,8-15H2,(H,27,29)(H2,30,31,32)/b23-17+. The molecule has 1 heterocycles. The number of amides is 1. The zero-order valence-corrected chi connectivity index (χ0v) is 21.0. The van der Waals surface area contributed by atoms with Crippen LogP contribution in [0, 0.1) is 11.3 Å². The van der Waals surface area contributed by atoms with E-state index in [0.29, 0.717) is 0 Å². The number of piperidine rings is 1. The van der Waals surface area contributed by atoms with E-state index in [1.807, 2.05) is 24.3 Å². The fourth-order valence-corrected chi connectivity index (χ4v) is 4.19. The number of nitrogens with one attached hydrogen (secondary N) is 1. The first-order chi connectivity index (χ1) is 17.4. The Labute approximate surface area is 210 Å². The minimum absolute atomic E-state index is 0.00711. The topological polar surface area (TPSA) is 141 Å². The predicted octanol–water partition coefficient (Wildman–Crippen LogP) is 3.00. The van der Waals surface area contributed by atoms with Crippen LogP contribution in [0.1, 0.15) is 24.8 Å². The maximum atomic E-state index is 12.4. The van der Waals surface area contributed by atoms with Gasteiger partial charge in [0.05, 0.1) is 33.0 Å². The van der Waals surface area contributed by atoms with Crippen molar-refractivity contribution in [2.24, 2.45) is 0 Å². The Bertz CT molecular complexity index is 1140. The average molecular weight is 518 g/mol. The fourth-order valence-electron chi connectivity index (χ4n) is 3.87. The number of carbonyl (C=O) groups excluding carboxylic acids is 1. The van der Waals surface area contributed by atoms with Crippen molar-refractivity contribution in [1.29, 1.82) is 5.26 Å². The number of hydrogen-bond donors (Lipinski definition) is 3. The monoisotopic (exact) mass is 517 g/mol. The van der Waals surface area contributed by atoms with Gasteiger partial charge in [0.25, 0.3) is 5.91 Å². The van der Waals surface area contributed by atoms with Crippen molar-refractivity contribution in [2.75, 3.05) is 57.6 Å². The number of ether oxygens (including phenoxy) is 2. The van der Waals surface area contributed by atoms with Gasteiger partial charge in [0.15, 0.2) is 0 Å². The zero-order valence-electron chi connectivity index (χ0n) is 20.1. The predicted molar refractivity (Wildman–Crippen MR) is 136 cm³/mol. The summed E-state index contributed by atoms with van der Waals surface area (Å²) in [5, 5.41) is 14.3. The van der Waals surface area contributed by atoms with Crippen molar-refractivity contribution in [3.8, 4) is 6.07 Å². The molecule has 3 rings (SSSR count).